The molecule has 106 valence electrons. The van der Waals surface area contributed by atoms with Gasteiger partial charge in [0.25, 0.3) is 5.91 Å². The lowest BCUT2D eigenvalue weighted by molar-refractivity contribution is -0.123. The average Bonchev–Trinajstić information content (AvgIpc) is 2.39. The Bertz CT molecular complexity index is 413. The van der Waals surface area contributed by atoms with Crippen molar-refractivity contribution < 1.29 is 18.7 Å². The third-order valence-electron chi connectivity index (χ3n) is 2.39. The SMILES string of the molecule is CNCc1cccc(F)c1OCC(=O)NCCOC. The summed E-state index contributed by atoms with van der Waals surface area (Å²) in [6, 6.07) is 4.66. The van der Waals surface area contributed by atoms with E-state index in [0.717, 1.165) is 0 Å². The van der Waals surface area contributed by atoms with E-state index >= 15 is 0 Å². The van der Waals surface area contributed by atoms with Gasteiger partial charge in [0.15, 0.2) is 18.2 Å². The predicted molar refractivity (Wildman–Crippen MR) is 69.5 cm³/mol. The number of halogens is 1. The predicted octanol–water partition coefficient (Wildman–Crippen LogP) is 0.686. The van der Waals surface area contributed by atoms with Crippen molar-refractivity contribution in [2.45, 2.75) is 6.54 Å². The summed E-state index contributed by atoms with van der Waals surface area (Å²) in [4.78, 5) is 11.4. The second-order valence-electron chi connectivity index (χ2n) is 3.89. The molecule has 1 aromatic carbocycles. The zero-order valence-electron chi connectivity index (χ0n) is 11.2. The second-order valence-corrected chi connectivity index (χ2v) is 3.89. The first-order valence-corrected chi connectivity index (χ1v) is 5.99. The molecule has 0 aliphatic heterocycles. The van der Waals surface area contributed by atoms with Crippen molar-refractivity contribution in [2.75, 3.05) is 33.9 Å². The number of methoxy groups -OCH3 is 1. The van der Waals surface area contributed by atoms with E-state index in [2.05, 4.69) is 10.6 Å². The van der Waals surface area contributed by atoms with Gasteiger partial charge in [-0.25, -0.2) is 4.39 Å². The van der Waals surface area contributed by atoms with Gasteiger partial charge in [-0.15, -0.1) is 0 Å². The van der Waals surface area contributed by atoms with E-state index in [-0.39, 0.29) is 18.3 Å². The molecule has 0 aliphatic carbocycles. The van der Waals surface area contributed by atoms with Crippen molar-refractivity contribution in [2.24, 2.45) is 0 Å². The lowest BCUT2D eigenvalue weighted by atomic mass is 10.2. The van der Waals surface area contributed by atoms with Crippen LogP contribution >= 0.6 is 0 Å². The van der Waals surface area contributed by atoms with Gasteiger partial charge in [-0.3, -0.25) is 4.79 Å². The van der Waals surface area contributed by atoms with Gasteiger partial charge in [0, 0.05) is 25.8 Å². The third kappa shape index (κ3) is 5.23. The maximum absolute atomic E-state index is 13.6. The van der Waals surface area contributed by atoms with Crippen LogP contribution < -0.4 is 15.4 Å². The molecule has 0 atom stereocenters. The molecule has 1 amide bonds. The molecule has 0 bridgehead atoms. The van der Waals surface area contributed by atoms with E-state index in [4.69, 9.17) is 9.47 Å². The van der Waals surface area contributed by atoms with E-state index in [1.807, 2.05) is 0 Å². The molecule has 6 heteroatoms. The minimum absolute atomic E-state index is 0.110. The number of hydrogen-bond donors (Lipinski definition) is 2. The van der Waals surface area contributed by atoms with Gasteiger partial charge in [0.2, 0.25) is 0 Å². The quantitative estimate of drug-likeness (QED) is 0.682. The molecular weight excluding hydrogens is 251 g/mol. The maximum Gasteiger partial charge on any atom is 0.258 e. The number of hydrogen-bond acceptors (Lipinski definition) is 4. The molecule has 0 fully saturated rings. The normalized spacial score (nSPS) is 10.3. The smallest absolute Gasteiger partial charge is 0.258 e. The van der Waals surface area contributed by atoms with Gasteiger partial charge < -0.3 is 20.1 Å². The van der Waals surface area contributed by atoms with Gasteiger partial charge in [-0.05, 0) is 13.1 Å². The van der Waals surface area contributed by atoms with E-state index in [0.29, 0.717) is 25.3 Å². The Labute approximate surface area is 112 Å². The van der Waals surface area contributed by atoms with Gasteiger partial charge >= 0.3 is 0 Å². The van der Waals surface area contributed by atoms with Crippen LogP contribution in [0.25, 0.3) is 0 Å². The van der Waals surface area contributed by atoms with E-state index in [1.165, 1.54) is 6.07 Å². The first-order valence-electron chi connectivity index (χ1n) is 5.99. The first-order chi connectivity index (χ1) is 9.19. The van der Waals surface area contributed by atoms with Crippen molar-refractivity contribution in [3.8, 4) is 5.75 Å². The number of rotatable bonds is 8. The van der Waals surface area contributed by atoms with Crippen molar-refractivity contribution in [3.05, 3.63) is 29.6 Å². The molecule has 0 saturated heterocycles. The highest BCUT2D eigenvalue weighted by atomic mass is 19.1. The monoisotopic (exact) mass is 270 g/mol. The van der Waals surface area contributed by atoms with Crippen LogP contribution in [-0.4, -0.2) is 39.8 Å². The minimum atomic E-state index is -0.475. The number of nitrogens with one attached hydrogen (secondary N) is 2. The molecule has 0 aliphatic rings. The summed E-state index contributed by atoms with van der Waals surface area (Å²) in [5.41, 5.74) is 0.673. The second kappa shape index (κ2) is 8.44. The molecule has 2 N–H and O–H groups in total. The number of benzene rings is 1. The highest BCUT2D eigenvalue weighted by molar-refractivity contribution is 5.77. The summed E-state index contributed by atoms with van der Waals surface area (Å²) < 4.78 is 23.7. The molecule has 0 unspecified atom stereocenters. The standard InChI is InChI=1S/C13H19FN2O3/c1-15-8-10-4-3-5-11(14)13(10)19-9-12(17)16-6-7-18-2/h3-5,15H,6-9H2,1-2H3,(H,16,17). The van der Waals surface area contributed by atoms with Crippen molar-refractivity contribution in [3.63, 3.8) is 0 Å². The average molecular weight is 270 g/mol. The molecule has 1 aromatic rings. The van der Waals surface area contributed by atoms with Crippen LogP contribution in [0.15, 0.2) is 18.2 Å². The molecule has 0 spiro atoms. The first kappa shape index (κ1) is 15.4. The fourth-order valence-electron chi connectivity index (χ4n) is 1.53. The summed E-state index contributed by atoms with van der Waals surface area (Å²) in [5, 5.41) is 5.52. The van der Waals surface area contributed by atoms with Crippen LogP contribution in [0.5, 0.6) is 5.75 Å². The highest BCUT2D eigenvalue weighted by Crippen LogP contribution is 2.22. The molecule has 0 aromatic heterocycles. The van der Waals surface area contributed by atoms with Gasteiger partial charge in [0.1, 0.15) is 0 Å². The van der Waals surface area contributed by atoms with E-state index in [9.17, 15) is 9.18 Å². The zero-order valence-corrected chi connectivity index (χ0v) is 11.2. The zero-order chi connectivity index (χ0) is 14.1. The number of ether oxygens (including phenoxy) is 2. The molecule has 0 heterocycles. The largest absolute Gasteiger partial charge is 0.480 e. The number of para-hydroxylation sites is 1. The Morgan fingerprint density at radius 2 is 2.21 bits per heavy atom. The van der Waals surface area contributed by atoms with Gasteiger partial charge in [-0.1, -0.05) is 12.1 Å². The molecule has 5 nitrogen and oxygen atoms in total. The molecular formula is C13H19FN2O3. The highest BCUT2D eigenvalue weighted by Gasteiger charge is 2.11. The van der Waals surface area contributed by atoms with Crippen LogP contribution in [0.3, 0.4) is 0 Å². The van der Waals surface area contributed by atoms with E-state index in [1.54, 1.807) is 26.3 Å². The summed E-state index contributed by atoms with van der Waals surface area (Å²) in [6.07, 6.45) is 0. The molecule has 0 radical (unpaired) electrons. The van der Waals surface area contributed by atoms with Crippen LogP contribution in [0.1, 0.15) is 5.56 Å². The van der Waals surface area contributed by atoms with Crippen LogP contribution in [-0.2, 0) is 16.1 Å². The topological polar surface area (TPSA) is 59.6 Å². The molecule has 0 saturated carbocycles. The van der Waals surface area contributed by atoms with Crippen molar-refractivity contribution in [1.29, 1.82) is 0 Å². The number of amides is 1. The number of carbonyl (C=O) groups excluding carboxylic acids is 1. The Hall–Kier alpha value is -1.66. The summed E-state index contributed by atoms with van der Waals surface area (Å²) >= 11 is 0. The van der Waals surface area contributed by atoms with Crippen molar-refractivity contribution >= 4 is 5.91 Å². The summed E-state index contributed by atoms with van der Waals surface area (Å²) in [7, 11) is 3.30. The Morgan fingerprint density at radius 3 is 2.89 bits per heavy atom. The fourth-order valence-corrected chi connectivity index (χ4v) is 1.53. The maximum atomic E-state index is 13.6. The van der Waals surface area contributed by atoms with Gasteiger partial charge in [-0.2, -0.15) is 0 Å². The lowest BCUT2D eigenvalue weighted by Gasteiger charge is -2.12. The molecule has 1 rings (SSSR count). The van der Waals surface area contributed by atoms with Crippen LogP contribution in [0, 0.1) is 5.82 Å². The summed E-state index contributed by atoms with van der Waals surface area (Å²) in [6.45, 7) is 1.08. The number of carbonyl (C=O) groups is 1. The Morgan fingerprint density at radius 1 is 1.42 bits per heavy atom. The third-order valence-corrected chi connectivity index (χ3v) is 2.39. The lowest BCUT2D eigenvalue weighted by Crippen LogP contribution is -2.31. The minimum Gasteiger partial charge on any atom is -0.480 e. The van der Waals surface area contributed by atoms with Crippen LogP contribution in [0.2, 0.25) is 0 Å². The van der Waals surface area contributed by atoms with Gasteiger partial charge in [0.05, 0.1) is 6.61 Å². The fraction of sp³-hybridized carbons (Fsp3) is 0.462. The van der Waals surface area contributed by atoms with Crippen molar-refractivity contribution in [1.82, 2.24) is 10.6 Å². The molecule has 19 heavy (non-hydrogen) atoms. The Balaban J connectivity index is 2.54. The van der Waals surface area contributed by atoms with Crippen LogP contribution in [0.4, 0.5) is 4.39 Å². The van der Waals surface area contributed by atoms with E-state index < -0.39 is 5.82 Å². The Kier molecular flexibility index (Phi) is 6.84. The summed E-state index contributed by atoms with van der Waals surface area (Å²) in [5.74, 6) is -0.674.